The third-order valence-electron chi connectivity index (χ3n) is 4.63. The van der Waals surface area contributed by atoms with Gasteiger partial charge >= 0.3 is 0 Å². The number of benzene rings is 1. The Morgan fingerprint density at radius 1 is 1.22 bits per heavy atom. The van der Waals surface area contributed by atoms with Gasteiger partial charge in [-0.05, 0) is 43.7 Å². The van der Waals surface area contributed by atoms with Gasteiger partial charge in [-0.15, -0.1) is 0 Å². The number of nitrogens with zero attached hydrogens (tertiary/aromatic N) is 3. The molecule has 0 spiro atoms. The van der Waals surface area contributed by atoms with Gasteiger partial charge in [-0.3, -0.25) is 15.1 Å². The lowest BCUT2D eigenvalue weighted by molar-refractivity contribution is -0.384. The lowest BCUT2D eigenvalue weighted by Gasteiger charge is -2.22. The van der Waals surface area contributed by atoms with Crippen molar-refractivity contribution in [2.75, 3.05) is 5.01 Å². The molecule has 3 atom stereocenters. The highest BCUT2D eigenvalue weighted by atomic mass is 16.6. The van der Waals surface area contributed by atoms with Gasteiger partial charge in [0.05, 0.1) is 16.7 Å². The van der Waals surface area contributed by atoms with E-state index in [-0.39, 0.29) is 16.7 Å². The van der Waals surface area contributed by atoms with Crippen molar-refractivity contribution in [3.63, 3.8) is 0 Å². The number of nitro benzene ring substituents is 1. The van der Waals surface area contributed by atoms with Crippen LogP contribution >= 0.6 is 0 Å². The molecule has 1 aliphatic heterocycles. The minimum Gasteiger partial charge on any atom is -0.262 e. The van der Waals surface area contributed by atoms with Gasteiger partial charge in [-0.1, -0.05) is 27.7 Å². The van der Waals surface area contributed by atoms with Crippen LogP contribution in [0.15, 0.2) is 29.4 Å². The van der Waals surface area contributed by atoms with E-state index < -0.39 is 0 Å². The summed E-state index contributed by atoms with van der Waals surface area (Å²) in [6.07, 6.45) is 2.23. The Kier molecular flexibility index (Phi) is 5.39. The van der Waals surface area contributed by atoms with Crippen LogP contribution in [0.25, 0.3) is 0 Å². The third kappa shape index (κ3) is 4.09. The first-order chi connectivity index (χ1) is 10.8. The monoisotopic (exact) mass is 317 g/mol. The number of anilines is 1. The summed E-state index contributed by atoms with van der Waals surface area (Å²) in [5, 5.41) is 17.6. The van der Waals surface area contributed by atoms with E-state index in [0.29, 0.717) is 17.8 Å². The Morgan fingerprint density at radius 3 is 2.35 bits per heavy atom. The summed E-state index contributed by atoms with van der Waals surface area (Å²) in [6.45, 7) is 11.2. The molecule has 1 aliphatic rings. The van der Waals surface area contributed by atoms with E-state index in [1.807, 2.05) is 5.01 Å². The van der Waals surface area contributed by atoms with Crippen LogP contribution in [0, 0.1) is 27.9 Å². The Balaban J connectivity index is 2.14. The molecule has 0 bridgehead atoms. The highest BCUT2D eigenvalue weighted by Crippen LogP contribution is 2.32. The van der Waals surface area contributed by atoms with Gasteiger partial charge in [0.25, 0.3) is 5.69 Å². The maximum Gasteiger partial charge on any atom is 0.269 e. The molecule has 5 heteroatoms. The number of rotatable bonds is 6. The summed E-state index contributed by atoms with van der Waals surface area (Å²) in [7, 11) is 0. The molecule has 1 aromatic rings. The molecule has 0 aromatic heterocycles. The fourth-order valence-corrected chi connectivity index (χ4v) is 3.30. The second-order valence-corrected chi connectivity index (χ2v) is 7.18. The van der Waals surface area contributed by atoms with E-state index in [4.69, 9.17) is 5.10 Å². The number of nitro groups is 1. The van der Waals surface area contributed by atoms with E-state index >= 15 is 0 Å². The highest BCUT2D eigenvalue weighted by molar-refractivity contribution is 5.90. The summed E-state index contributed by atoms with van der Waals surface area (Å²) in [5.41, 5.74) is 2.27. The SMILES string of the molecule is CC(C)CC(C)CC1=NN(c2ccc([N+](=O)[O-])cc2)C(C)C1C. The van der Waals surface area contributed by atoms with Crippen LogP contribution in [0.4, 0.5) is 11.4 Å². The first kappa shape index (κ1) is 17.4. The highest BCUT2D eigenvalue weighted by Gasteiger charge is 2.32. The minimum absolute atomic E-state index is 0.114. The molecule has 0 radical (unpaired) electrons. The van der Waals surface area contributed by atoms with Crippen molar-refractivity contribution in [2.45, 2.75) is 53.5 Å². The number of hydrogen-bond acceptors (Lipinski definition) is 4. The first-order valence-electron chi connectivity index (χ1n) is 8.40. The molecule has 23 heavy (non-hydrogen) atoms. The van der Waals surface area contributed by atoms with Crippen molar-refractivity contribution in [3.8, 4) is 0 Å². The molecule has 0 amide bonds. The van der Waals surface area contributed by atoms with Crippen molar-refractivity contribution in [3.05, 3.63) is 34.4 Å². The van der Waals surface area contributed by atoms with Crippen molar-refractivity contribution in [2.24, 2.45) is 22.9 Å². The molecular weight excluding hydrogens is 290 g/mol. The fourth-order valence-electron chi connectivity index (χ4n) is 3.30. The summed E-state index contributed by atoms with van der Waals surface area (Å²) in [5.74, 6) is 1.73. The van der Waals surface area contributed by atoms with Gasteiger partial charge in [-0.2, -0.15) is 5.10 Å². The number of hydrazone groups is 1. The fraction of sp³-hybridized carbons (Fsp3) is 0.611. The molecule has 1 aromatic carbocycles. The largest absolute Gasteiger partial charge is 0.269 e. The lowest BCUT2D eigenvalue weighted by atomic mass is 9.88. The van der Waals surface area contributed by atoms with Crippen LogP contribution < -0.4 is 5.01 Å². The van der Waals surface area contributed by atoms with E-state index in [0.717, 1.165) is 12.1 Å². The third-order valence-corrected chi connectivity index (χ3v) is 4.63. The van der Waals surface area contributed by atoms with Gasteiger partial charge in [0.15, 0.2) is 0 Å². The zero-order valence-electron chi connectivity index (χ0n) is 14.7. The molecular formula is C18H27N3O2. The van der Waals surface area contributed by atoms with Gasteiger partial charge in [0.2, 0.25) is 0 Å². The maximum atomic E-state index is 10.8. The van der Waals surface area contributed by atoms with E-state index in [1.165, 1.54) is 12.1 Å². The van der Waals surface area contributed by atoms with Crippen molar-refractivity contribution in [1.82, 2.24) is 0 Å². The lowest BCUT2D eigenvalue weighted by Crippen LogP contribution is -2.29. The van der Waals surface area contributed by atoms with Crippen LogP contribution in [0.3, 0.4) is 0 Å². The summed E-state index contributed by atoms with van der Waals surface area (Å²) >= 11 is 0. The molecule has 126 valence electrons. The van der Waals surface area contributed by atoms with Crippen LogP contribution in [0.1, 0.15) is 47.5 Å². The van der Waals surface area contributed by atoms with E-state index in [9.17, 15) is 10.1 Å². The molecule has 0 N–H and O–H groups in total. The van der Waals surface area contributed by atoms with Gasteiger partial charge < -0.3 is 0 Å². The van der Waals surface area contributed by atoms with Gasteiger partial charge in [0.1, 0.15) is 0 Å². The normalized spacial score (nSPS) is 22.3. The second kappa shape index (κ2) is 7.11. The predicted molar refractivity (Wildman–Crippen MR) is 94.9 cm³/mol. The quantitative estimate of drug-likeness (QED) is 0.555. The van der Waals surface area contributed by atoms with Crippen LogP contribution in [0.2, 0.25) is 0 Å². The maximum absolute atomic E-state index is 10.8. The van der Waals surface area contributed by atoms with Crippen molar-refractivity contribution < 1.29 is 4.92 Å². The minimum atomic E-state index is -0.373. The van der Waals surface area contributed by atoms with Gasteiger partial charge in [-0.25, -0.2) is 0 Å². The van der Waals surface area contributed by atoms with Crippen LogP contribution in [-0.2, 0) is 0 Å². The standard InChI is InChI=1S/C18H27N3O2/c1-12(2)10-13(3)11-18-14(4)15(5)20(19-18)16-6-8-17(9-7-16)21(22)23/h6-9,12-15H,10-11H2,1-5H3. The average Bonchev–Trinajstić information content (AvgIpc) is 2.75. The van der Waals surface area contributed by atoms with Crippen molar-refractivity contribution in [1.29, 1.82) is 0 Å². The van der Waals surface area contributed by atoms with Crippen LogP contribution in [0.5, 0.6) is 0 Å². The Morgan fingerprint density at radius 2 is 1.83 bits per heavy atom. The molecule has 2 rings (SSSR count). The zero-order valence-corrected chi connectivity index (χ0v) is 14.7. The molecule has 0 saturated heterocycles. The van der Waals surface area contributed by atoms with E-state index in [2.05, 4.69) is 34.6 Å². The number of hydrogen-bond donors (Lipinski definition) is 0. The topological polar surface area (TPSA) is 58.7 Å². The Hall–Kier alpha value is -1.91. The molecule has 0 saturated carbocycles. The van der Waals surface area contributed by atoms with E-state index in [1.54, 1.807) is 24.3 Å². The second-order valence-electron chi connectivity index (χ2n) is 7.18. The number of non-ortho nitro benzene ring substituents is 1. The summed E-state index contributed by atoms with van der Waals surface area (Å²) < 4.78 is 0. The zero-order chi connectivity index (χ0) is 17.1. The molecule has 5 nitrogen and oxygen atoms in total. The Labute approximate surface area is 138 Å². The van der Waals surface area contributed by atoms with Gasteiger partial charge in [0, 0.05) is 23.8 Å². The molecule has 1 heterocycles. The first-order valence-corrected chi connectivity index (χ1v) is 8.40. The molecule has 0 aliphatic carbocycles. The summed E-state index contributed by atoms with van der Waals surface area (Å²) in [6, 6.07) is 6.93. The van der Waals surface area contributed by atoms with Crippen LogP contribution in [-0.4, -0.2) is 16.7 Å². The predicted octanol–water partition coefficient (Wildman–Crippen LogP) is 4.87. The summed E-state index contributed by atoms with van der Waals surface area (Å²) in [4.78, 5) is 10.4. The van der Waals surface area contributed by atoms with Crippen molar-refractivity contribution >= 4 is 17.1 Å². The Bertz CT molecular complexity index is 580. The smallest absolute Gasteiger partial charge is 0.262 e. The molecule has 3 unspecified atom stereocenters. The average molecular weight is 317 g/mol. The molecule has 0 fully saturated rings.